The molecule has 1 saturated heterocycles. The van der Waals surface area contributed by atoms with Crippen LogP contribution in [0.5, 0.6) is 5.75 Å². The molecular weight excluding hydrogens is 446 g/mol. The molecule has 0 spiro atoms. The fraction of sp³-hybridized carbons (Fsp3) is 0.423. The van der Waals surface area contributed by atoms with E-state index in [1.54, 1.807) is 0 Å². The zero-order valence-electron chi connectivity index (χ0n) is 20.5. The second-order valence-electron chi connectivity index (χ2n) is 9.51. The van der Waals surface area contributed by atoms with Crippen LogP contribution < -0.4 is 15.4 Å². The molecule has 1 aromatic heterocycles. The van der Waals surface area contributed by atoms with E-state index in [4.69, 9.17) is 14.0 Å². The van der Waals surface area contributed by atoms with Crippen molar-refractivity contribution in [2.75, 3.05) is 44.8 Å². The molecule has 2 amide bonds. The van der Waals surface area contributed by atoms with Gasteiger partial charge in [-0.3, -0.25) is 4.90 Å². The van der Waals surface area contributed by atoms with Gasteiger partial charge in [0.25, 0.3) is 0 Å². The van der Waals surface area contributed by atoms with Crippen LogP contribution in [0.25, 0.3) is 11.4 Å². The molecule has 2 N–H and O–H groups in total. The first-order valence-corrected chi connectivity index (χ1v) is 11.9. The second-order valence-corrected chi connectivity index (χ2v) is 9.51. The molecule has 4 rings (SSSR count). The van der Waals surface area contributed by atoms with E-state index in [9.17, 15) is 4.79 Å². The lowest BCUT2D eigenvalue weighted by Gasteiger charge is -2.26. The van der Waals surface area contributed by atoms with Crippen molar-refractivity contribution in [3.8, 4) is 17.1 Å². The number of hydrogen-bond donors (Lipinski definition) is 2. The predicted molar refractivity (Wildman–Crippen MR) is 133 cm³/mol. The van der Waals surface area contributed by atoms with Gasteiger partial charge in [0.05, 0.1) is 13.2 Å². The van der Waals surface area contributed by atoms with E-state index in [-0.39, 0.29) is 11.4 Å². The van der Waals surface area contributed by atoms with Crippen LogP contribution in [-0.4, -0.2) is 60.5 Å². The SMILES string of the molecule is CC(C)(C)c1nc(-c2ccc(NC(=O)NCc3cccc(OCCN4CCOCC4)c3)cc2)no1. The number of carbonyl (C=O) groups excluding carboxylic acids is 1. The number of morpholine rings is 1. The number of ether oxygens (including phenoxy) is 2. The summed E-state index contributed by atoms with van der Waals surface area (Å²) in [5.74, 6) is 1.91. The minimum absolute atomic E-state index is 0.209. The van der Waals surface area contributed by atoms with Crippen molar-refractivity contribution in [3.05, 3.63) is 60.0 Å². The highest BCUT2D eigenvalue weighted by atomic mass is 16.5. The third-order valence-electron chi connectivity index (χ3n) is 5.60. The monoisotopic (exact) mass is 479 g/mol. The lowest BCUT2D eigenvalue weighted by molar-refractivity contribution is 0.0322. The average molecular weight is 480 g/mol. The van der Waals surface area contributed by atoms with Gasteiger partial charge in [-0.1, -0.05) is 38.1 Å². The largest absolute Gasteiger partial charge is 0.492 e. The number of urea groups is 1. The van der Waals surface area contributed by atoms with Gasteiger partial charge in [0.1, 0.15) is 12.4 Å². The highest BCUT2D eigenvalue weighted by molar-refractivity contribution is 5.89. The highest BCUT2D eigenvalue weighted by Gasteiger charge is 2.22. The standard InChI is InChI=1S/C26H33N5O4/c1-26(2,3)24-29-23(30-35-24)20-7-9-21(10-8-20)28-25(32)27-18-19-5-4-6-22(17-19)34-16-13-31-11-14-33-15-12-31/h4-10,17H,11-16,18H2,1-3H3,(H2,27,28,32). The molecule has 1 aliphatic heterocycles. The number of anilines is 1. The fourth-order valence-corrected chi connectivity index (χ4v) is 3.57. The van der Waals surface area contributed by atoms with Crippen LogP contribution >= 0.6 is 0 Å². The Bertz CT molecular complexity index is 1100. The Hall–Kier alpha value is -3.43. The number of benzene rings is 2. The van der Waals surface area contributed by atoms with Gasteiger partial charge in [0.15, 0.2) is 0 Å². The summed E-state index contributed by atoms with van der Waals surface area (Å²) in [5.41, 5.74) is 2.25. The average Bonchev–Trinajstić information content (AvgIpc) is 3.36. The van der Waals surface area contributed by atoms with Crippen LogP contribution in [-0.2, 0) is 16.7 Å². The molecule has 2 aromatic carbocycles. The Morgan fingerprint density at radius 1 is 1.11 bits per heavy atom. The molecule has 0 bridgehead atoms. The molecule has 0 unspecified atom stereocenters. The quantitative estimate of drug-likeness (QED) is 0.502. The molecule has 9 nitrogen and oxygen atoms in total. The van der Waals surface area contributed by atoms with Crippen molar-refractivity contribution >= 4 is 11.7 Å². The smallest absolute Gasteiger partial charge is 0.319 e. The van der Waals surface area contributed by atoms with E-state index in [1.165, 1.54) is 0 Å². The van der Waals surface area contributed by atoms with E-state index >= 15 is 0 Å². The summed E-state index contributed by atoms with van der Waals surface area (Å²) in [7, 11) is 0. The predicted octanol–water partition coefficient (Wildman–Crippen LogP) is 4.07. The van der Waals surface area contributed by atoms with Crippen molar-refractivity contribution in [2.24, 2.45) is 0 Å². The molecule has 0 atom stereocenters. The molecule has 1 aliphatic rings. The number of aromatic nitrogens is 2. The lowest BCUT2D eigenvalue weighted by atomic mass is 9.97. The maximum Gasteiger partial charge on any atom is 0.319 e. The summed E-state index contributed by atoms with van der Waals surface area (Å²) in [5, 5.41) is 9.78. The first-order chi connectivity index (χ1) is 16.9. The number of nitrogens with one attached hydrogen (secondary N) is 2. The summed E-state index contributed by atoms with van der Waals surface area (Å²) in [6.07, 6.45) is 0. The van der Waals surface area contributed by atoms with E-state index in [0.717, 1.165) is 49.7 Å². The van der Waals surface area contributed by atoms with E-state index in [2.05, 4.69) is 25.7 Å². The third-order valence-corrected chi connectivity index (χ3v) is 5.60. The molecule has 0 radical (unpaired) electrons. The summed E-state index contributed by atoms with van der Waals surface area (Å²) in [6.45, 7) is 11.4. The molecule has 9 heteroatoms. The Kier molecular flexibility index (Phi) is 7.99. The first-order valence-electron chi connectivity index (χ1n) is 11.9. The summed E-state index contributed by atoms with van der Waals surface area (Å²) in [4.78, 5) is 19.2. The molecule has 1 fully saturated rings. The van der Waals surface area contributed by atoms with Crippen LogP contribution in [0.15, 0.2) is 53.1 Å². The van der Waals surface area contributed by atoms with E-state index in [1.807, 2.05) is 69.3 Å². The van der Waals surface area contributed by atoms with Crippen molar-refractivity contribution < 1.29 is 18.8 Å². The number of rotatable bonds is 8. The maximum atomic E-state index is 12.4. The van der Waals surface area contributed by atoms with Crippen LogP contribution in [0.4, 0.5) is 10.5 Å². The number of nitrogens with zero attached hydrogens (tertiary/aromatic N) is 3. The van der Waals surface area contributed by atoms with Gasteiger partial charge in [-0.05, 0) is 42.0 Å². The van der Waals surface area contributed by atoms with Crippen molar-refractivity contribution in [2.45, 2.75) is 32.7 Å². The third kappa shape index (κ3) is 7.27. The molecule has 35 heavy (non-hydrogen) atoms. The Morgan fingerprint density at radius 2 is 1.89 bits per heavy atom. The van der Waals surface area contributed by atoms with Gasteiger partial charge in [0, 0.05) is 42.8 Å². The molecule has 2 heterocycles. The Morgan fingerprint density at radius 3 is 2.60 bits per heavy atom. The maximum absolute atomic E-state index is 12.4. The minimum Gasteiger partial charge on any atom is -0.492 e. The van der Waals surface area contributed by atoms with Gasteiger partial charge in [-0.25, -0.2) is 4.79 Å². The summed E-state index contributed by atoms with van der Waals surface area (Å²) >= 11 is 0. The summed E-state index contributed by atoms with van der Waals surface area (Å²) in [6, 6.07) is 14.8. The van der Waals surface area contributed by atoms with Gasteiger partial charge >= 0.3 is 6.03 Å². The van der Waals surface area contributed by atoms with Gasteiger partial charge in [-0.2, -0.15) is 4.98 Å². The van der Waals surface area contributed by atoms with Gasteiger partial charge in [0.2, 0.25) is 11.7 Å². The van der Waals surface area contributed by atoms with Gasteiger partial charge in [-0.15, -0.1) is 0 Å². The fourth-order valence-electron chi connectivity index (χ4n) is 3.57. The zero-order chi connectivity index (χ0) is 24.7. The van der Waals surface area contributed by atoms with Gasteiger partial charge < -0.3 is 24.6 Å². The normalized spacial score (nSPS) is 14.5. The molecule has 186 valence electrons. The van der Waals surface area contributed by atoms with Crippen molar-refractivity contribution in [1.29, 1.82) is 0 Å². The Balaban J connectivity index is 1.23. The summed E-state index contributed by atoms with van der Waals surface area (Å²) < 4.78 is 16.6. The Labute approximate surface area is 205 Å². The van der Waals surface area contributed by atoms with Crippen molar-refractivity contribution in [3.63, 3.8) is 0 Å². The van der Waals surface area contributed by atoms with Crippen LogP contribution in [0.3, 0.4) is 0 Å². The minimum atomic E-state index is -0.286. The second kappa shape index (κ2) is 11.3. The lowest BCUT2D eigenvalue weighted by Crippen LogP contribution is -2.38. The van der Waals surface area contributed by atoms with Crippen molar-refractivity contribution in [1.82, 2.24) is 20.4 Å². The van der Waals surface area contributed by atoms with Crippen LogP contribution in [0.2, 0.25) is 0 Å². The van der Waals surface area contributed by atoms with Crippen LogP contribution in [0.1, 0.15) is 32.2 Å². The zero-order valence-corrected chi connectivity index (χ0v) is 20.5. The number of amides is 2. The topological polar surface area (TPSA) is 102 Å². The van der Waals surface area contributed by atoms with E-state index in [0.29, 0.717) is 30.6 Å². The molecule has 0 aliphatic carbocycles. The van der Waals surface area contributed by atoms with Crippen LogP contribution in [0, 0.1) is 0 Å². The number of hydrogen-bond acceptors (Lipinski definition) is 7. The number of carbonyl (C=O) groups is 1. The van der Waals surface area contributed by atoms with E-state index < -0.39 is 0 Å². The first kappa shape index (κ1) is 24.7. The molecule has 0 saturated carbocycles. The highest BCUT2D eigenvalue weighted by Crippen LogP contribution is 2.24. The molecule has 3 aromatic rings. The molecular formula is C26H33N5O4.